The van der Waals surface area contributed by atoms with E-state index in [0.29, 0.717) is 18.4 Å². The molecule has 1 heterocycles. The minimum atomic E-state index is -4.74. The summed E-state index contributed by atoms with van der Waals surface area (Å²) in [6.45, 7) is 0.000220. The number of hydroxylamine groups is 2. The predicted molar refractivity (Wildman–Crippen MR) is 99.6 cm³/mol. The van der Waals surface area contributed by atoms with E-state index < -0.39 is 35.0 Å². The maximum absolute atomic E-state index is 14.3. The van der Waals surface area contributed by atoms with E-state index in [-0.39, 0.29) is 23.5 Å². The van der Waals surface area contributed by atoms with Crippen LogP contribution in [0.2, 0.25) is 0 Å². The number of benzene rings is 2. The molecule has 0 atom stereocenters. The quantitative estimate of drug-likeness (QED) is 0.401. The first-order chi connectivity index (χ1) is 15.1. The standard InChI is InChI=1S/C21H16F5N3O3/c1-31-29(19(30)20(8-9-20)15-7-6-14(22)10-16(15)23)11-12-2-4-13(5-3-12)17-27-18(32-28-17)21(24,25)26/h2-7,10H,8-9,11H2,1H3. The van der Waals surface area contributed by atoms with Gasteiger partial charge in [-0.1, -0.05) is 35.5 Å². The fourth-order valence-electron chi connectivity index (χ4n) is 3.44. The summed E-state index contributed by atoms with van der Waals surface area (Å²) in [7, 11) is 1.29. The monoisotopic (exact) mass is 453 g/mol. The smallest absolute Gasteiger partial charge is 0.329 e. The number of hydrogen-bond acceptors (Lipinski definition) is 5. The SMILES string of the molecule is CON(Cc1ccc(-c2noc(C(F)(F)F)n2)cc1)C(=O)C1(c2ccc(F)cc2F)CC1. The van der Waals surface area contributed by atoms with E-state index in [4.69, 9.17) is 4.84 Å². The molecule has 1 aliphatic carbocycles. The lowest BCUT2D eigenvalue weighted by atomic mass is 9.94. The number of nitrogens with zero attached hydrogens (tertiary/aromatic N) is 3. The van der Waals surface area contributed by atoms with Gasteiger partial charge in [-0.15, -0.1) is 0 Å². The minimum absolute atomic E-state index is 0.000220. The van der Waals surface area contributed by atoms with Gasteiger partial charge in [-0.25, -0.2) is 13.8 Å². The van der Waals surface area contributed by atoms with E-state index >= 15 is 0 Å². The van der Waals surface area contributed by atoms with Crippen molar-refractivity contribution < 1.29 is 36.1 Å². The highest BCUT2D eigenvalue weighted by Gasteiger charge is 2.55. The normalized spacial score (nSPS) is 14.9. The Hall–Kier alpha value is -3.34. The fourth-order valence-corrected chi connectivity index (χ4v) is 3.44. The molecular weight excluding hydrogens is 437 g/mol. The van der Waals surface area contributed by atoms with Crippen molar-refractivity contribution in [1.29, 1.82) is 0 Å². The molecule has 6 nitrogen and oxygen atoms in total. The summed E-state index contributed by atoms with van der Waals surface area (Å²) < 4.78 is 69.6. The third-order valence-corrected chi connectivity index (χ3v) is 5.26. The van der Waals surface area contributed by atoms with Gasteiger partial charge in [-0.05, 0) is 24.5 Å². The van der Waals surface area contributed by atoms with Gasteiger partial charge >= 0.3 is 12.1 Å². The molecule has 3 aromatic rings. The summed E-state index contributed by atoms with van der Waals surface area (Å²) in [4.78, 5) is 21.6. The van der Waals surface area contributed by atoms with Crippen molar-refractivity contribution in [3.63, 3.8) is 0 Å². The summed E-state index contributed by atoms with van der Waals surface area (Å²) in [5.74, 6) is -3.68. The van der Waals surface area contributed by atoms with Crippen molar-refractivity contribution in [2.24, 2.45) is 0 Å². The second-order valence-corrected chi connectivity index (χ2v) is 7.35. The van der Waals surface area contributed by atoms with E-state index in [1.807, 2.05) is 0 Å². The third-order valence-electron chi connectivity index (χ3n) is 5.26. The fraction of sp³-hybridized carbons (Fsp3) is 0.286. The lowest BCUT2D eigenvalue weighted by molar-refractivity contribution is -0.182. The number of aromatic nitrogens is 2. The number of rotatable bonds is 6. The molecule has 168 valence electrons. The third kappa shape index (κ3) is 4.07. The van der Waals surface area contributed by atoms with Gasteiger partial charge in [0.1, 0.15) is 11.6 Å². The Morgan fingerprint density at radius 1 is 1.16 bits per heavy atom. The van der Waals surface area contributed by atoms with Crippen molar-refractivity contribution in [2.45, 2.75) is 31.0 Å². The molecule has 0 unspecified atom stereocenters. The van der Waals surface area contributed by atoms with Crippen LogP contribution in [0.5, 0.6) is 0 Å². The van der Waals surface area contributed by atoms with Gasteiger partial charge in [-0.2, -0.15) is 18.2 Å². The summed E-state index contributed by atoms with van der Waals surface area (Å²) >= 11 is 0. The number of carbonyl (C=O) groups excluding carboxylic acids is 1. The summed E-state index contributed by atoms with van der Waals surface area (Å²) in [6.07, 6.45) is -3.95. The lowest BCUT2D eigenvalue weighted by Crippen LogP contribution is -2.38. The number of carbonyl (C=O) groups is 1. The van der Waals surface area contributed by atoms with Crippen molar-refractivity contribution in [3.8, 4) is 11.4 Å². The zero-order valence-corrected chi connectivity index (χ0v) is 16.6. The van der Waals surface area contributed by atoms with E-state index in [1.54, 1.807) is 12.1 Å². The van der Waals surface area contributed by atoms with E-state index in [1.165, 1.54) is 25.3 Å². The van der Waals surface area contributed by atoms with Crippen LogP contribution in [0, 0.1) is 11.6 Å². The molecule has 4 rings (SSSR count). The van der Waals surface area contributed by atoms with Crippen LogP contribution in [0.1, 0.15) is 29.9 Å². The van der Waals surface area contributed by atoms with E-state index in [2.05, 4.69) is 14.7 Å². The molecule has 0 aliphatic heterocycles. The van der Waals surface area contributed by atoms with Gasteiger partial charge < -0.3 is 4.52 Å². The molecule has 1 saturated carbocycles. The van der Waals surface area contributed by atoms with Gasteiger partial charge in [0.05, 0.1) is 19.1 Å². The molecule has 1 fully saturated rings. The van der Waals surface area contributed by atoms with Crippen LogP contribution in [0.15, 0.2) is 47.0 Å². The molecule has 0 N–H and O–H groups in total. The zero-order valence-electron chi connectivity index (χ0n) is 16.6. The average molecular weight is 453 g/mol. The van der Waals surface area contributed by atoms with Crippen molar-refractivity contribution in [2.75, 3.05) is 7.11 Å². The van der Waals surface area contributed by atoms with Gasteiger partial charge in [0, 0.05) is 17.2 Å². The van der Waals surface area contributed by atoms with Crippen molar-refractivity contribution in [1.82, 2.24) is 15.2 Å². The molecule has 2 aromatic carbocycles. The maximum Gasteiger partial charge on any atom is 0.471 e. The van der Waals surface area contributed by atoms with Crippen LogP contribution < -0.4 is 0 Å². The van der Waals surface area contributed by atoms with E-state index in [0.717, 1.165) is 17.2 Å². The van der Waals surface area contributed by atoms with Gasteiger partial charge in [0.25, 0.3) is 5.91 Å². The topological polar surface area (TPSA) is 68.5 Å². The number of amides is 1. The molecule has 1 amide bonds. The number of halogens is 5. The molecule has 0 saturated heterocycles. The second kappa shape index (κ2) is 7.97. The maximum atomic E-state index is 14.3. The first-order valence-electron chi connectivity index (χ1n) is 9.46. The van der Waals surface area contributed by atoms with Crippen molar-refractivity contribution >= 4 is 5.91 Å². The van der Waals surface area contributed by atoms with Crippen LogP contribution in [0.4, 0.5) is 22.0 Å². The van der Waals surface area contributed by atoms with Gasteiger partial charge in [0.15, 0.2) is 0 Å². The van der Waals surface area contributed by atoms with Crippen LogP contribution in [0.3, 0.4) is 0 Å². The molecule has 1 aliphatic rings. The Labute approximate surface area is 178 Å². The molecule has 0 spiro atoms. The first kappa shape index (κ1) is 21.9. The number of alkyl halides is 3. The zero-order chi connectivity index (χ0) is 23.1. The van der Waals surface area contributed by atoms with E-state index in [9.17, 15) is 26.7 Å². The predicted octanol–water partition coefficient (Wildman–Crippen LogP) is 4.66. The lowest BCUT2D eigenvalue weighted by Gasteiger charge is -2.25. The Morgan fingerprint density at radius 3 is 2.38 bits per heavy atom. The molecule has 0 bridgehead atoms. The Balaban J connectivity index is 1.50. The molecule has 32 heavy (non-hydrogen) atoms. The second-order valence-electron chi connectivity index (χ2n) is 7.35. The summed E-state index contributed by atoms with van der Waals surface area (Å²) in [5.41, 5.74) is -0.125. The largest absolute Gasteiger partial charge is 0.471 e. The molecule has 0 radical (unpaired) electrons. The highest BCUT2D eigenvalue weighted by Crippen LogP contribution is 2.50. The van der Waals surface area contributed by atoms with Crippen LogP contribution in [0.25, 0.3) is 11.4 Å². The molecule has 1 aromatic heterocycles. The van der Waals surface area contributed by atoms with Gasteiger partial charge in [0.2, 0.25) is 5.82 Å². The minimum Gasteiger partial charge on any atom is -0.329 e. The summed E-state index contributed by atoms with van der Waals surface area (Å²) in [5, 5.41) is 4.39. The highest BCUT2D eigenvalue weighted by atomic mass is 19.4. The summed E-state index contributed by atoms with van der Waals surface area (Å²) in [6, 6.07) is 9.19. The Morgan fingerprint density at radius 2 is 1.84 bits per heavy atom. The van der Waals surface area contributed by atoms with Crippen LogP contribution in [-0.4, -0.2) is 28.2 Å². The molecule has 11 heteroatoms. The first-order valence-corrected chi connectivity index (χ1v) is 9.46. The van der Waals surface area contributed by atoms with Gasteiger partial charge in [-0.3, -0.25) is 9.63 Å². The molecular formula is C21H16F5N3O3. The Bertz CT molecular complexity index is 1140. The van der Waals surface area contributed by atoms with Crippen LogP contribution in [-0.2, 0) is 27.8 Å². The van der Waals surface area contributed by atoms with Crippen LogP contribution >= 0.6 is 0 Å². The number of hydrogen-bond donors (Lipinski definition) is 0. The van der Waals surface area contributed by atoms with Crippen molar-refractivity contribution in [3.05, 3.63) is 71.1 Å². The highest BCUT2D eigenvalue weighted by molar-refractivity contribution is 5.90. The Kier molecular flexibility index (Phi) is 5.45. The average Bonchev–Trinajstić information content (AvgIpc) is 3.38.